The van der Waals surface area contributed by atoms with Crippen molar-refractivity contribution in [3.8, 4) is 0 Å². The van der Waals surface area contributed by atoms with Crippen LogP contribution in [-0.2, 0) is 8.85 Å². The molecule has 86 valence electrons. The molecule has 0 aliphatic rings. The zero-order valence-electron chi connectivity index (χ0n) is 9.80. The molecule has 0 heterocycles. The van der Waals surface area contributed by atoms with Crippen molar-refractivity contribution in [3.63, 3.8) is 0 Å². The number of hydrogen-bond donors (Lipinski definition) is 2. The first-order valence-electron chi connectivity index (χ1n) is 5.15. The van der Waals surface area contributed by atoms with Gasteiger partial charge in [-0.05, 0) is 25.6 Å². The molecule has 4 nitrogen and oxygen atoms in total. The van der Waals surface area contributed by atoms with Gasteiger partial charge >= 0.3 is 8.56 Å². The SMILES string of the molecule is CC[Si](CCC(CN)NC)(OC)OC. The molecule has 0 saturated carbocycles. The van der Waals surface area contributed by atoms with Gasteiger partial charge in [0.25, 0.3) is 0 Å². The van der Waals surface area contributed by atoms with E-state index in [4.69, 9.17) is 14.6 Å². The number of likely N-dealkylation sites (N-methyl/N-ethyl adjacent to an activating group) is 1. The van der Waals surface area contributed by atoms with Crippen LogP contribution in [0.5, 0.6) is 0 Å². The fraction of sp³-hybridized carbons (Fsp3) is 1.00. The maximum Gasteiger partial charge on any atom is 0.337 e. The molecular weight excluding hydrogens is 196 g/mol. The Morgan fingerprint density at radius 2 is 1.93 bits per heavy atom. The van der Waals surface area contributed by atoms with Gasteiger partial charge in [-0.25, -0.2) is 0 Å². The third kappa shape index (κ3) is 4.06. The van der Waals surface area contributed by atoms with E-state index in [0.717, 1.165) is 18.5 Å². The highest BCUT2D eigenvalue weighted by molar-refractivity contribution is 6.67. The highest BCUT2D eigenvalue weighted by atomic mass is 28.4. The molecule has 1 unspecified atom stereocenters. The first-order valence-corrected chi connectivity index (χ1v) is 7.38. The van der Waals surface area contributed by atoms with E-state index in [9.17, 15) is 0 Å². The summed E-state index contributed by atoms with van der Waals surface area (Å²) in [5.41, 5.74) is 5.61. The van der Waals surface area contributed by atoms with Crippen molar-refractivity contribution >= 4 is 8.56 Å². The molecule has 0 fully saturated rings. The van der Waals surface area contributed by atoms with Crippen LogP contribution in [0.1, 0.15) is 13.3 Å². The van der Waals surface area contributed by atoms with Crippen LogP contribution in [0.4, 0.5) is 0 Å². The first kappa shape index (κ1) is 14.1. The minimum absolute atomic E-state index is 0.374. The minimum Gasteiger partial charge on any atom is -0.398 e. The van der Waals surface area contributed by atoms with E-state index in [0.29, 0.717) is 12.6 Å². The monoisotopic (exact) mass is 220 g/mol. The van der Waals surface area contributed by atoms with Gasteiger partial charge in [0.1, 0.15) is 0 Å². The molecule has 5 heteroatoms. The molecule has 0 aliphatic heterocycles. The van der Waals surface area contributed by atoms with Crippen molar-refractivity contribution in [2.75, 3.05) is 27.8 Å². The van der Waals surface area contributed by atoms with E-state index in [1.54, 1.807) is 14.2 Å². The molecule has 3 N–H and O–H groups in total. The molecule has 0 spiro atoms. The van der Waals surface area contributed by atoms with E-state index < -0.39 is 8.56 Å². The lowest BCUT2D eigenvalue weighted by Crippen LogP contribution is -2.42. The molecule has 14 heavy (non-hydrogen) atoms. The molecule has 0 aromatic rings. The predicted molar refractivity (Wildman–Crippen MR) is 61.6 cm³/mol. The second-order valence-corrected chi connectivity index (χ2v) is 7.28. The Morgan fingerprint density at radius 3 is 2.21 bits per heavy atom. The fourth-order valence-electron chi connectivity index (χ4n) is 1.53. The van der Waals surface area contributed by atoms with Crippen LogP contribution >= 0.6 is 0 Å². The van der Waals surface area contributed by atoms with Crippen molar-refractivity contribution < 1.29 is 8.85 Å². The summed E-state index contributed by atoms with van der Waals surface area (Å²) in [5, 5.41) is 3.18. The van der Waals surface area contributed by atoms with Gasteiger partial charge < -0.3 is 19.9 Å². The number of nitrogens with two attached hydrogens (primary N) is 1. The number of rotatable bonds is 8. The van der Waals surface area contributed by atoms with Gasteiger partial charge in [-0.3, -0.25) is 0 Å². The van der Waals surface area contributed by atoms with E-state index in [-0.39, 0.29) is 0 Å². The van der Waals surface area contributed by atoms with Gasteiger partial charge in [0.2, 0.25) is 0 Å². The minimum atomic E-state index is -1.91. The molecule has 0 rings (SSSR count). The first-order chi connectivity index (χ1) is 6.67. The van der Waals surface area contributed by atoms with Crippen molar-refractivity contribution in [1.29, 1.82) is 0 Å². The van der Waals surface area contributed by atoms with Crippen LogP contribution in [0, 0.1) is 0 Å². The largest absolute Gasteiger partial charge is 0.398 e. The van der Waals surface area contributed by atoms with E-state index in [2.05, 4.69) is 12.2 Å². The zero-order chi connectivity index (χ0) is 11.0. The second kappa shape index (κ2) is 7.36. The second-order valence-electron chi connectivity index (χ2n) is 3.43. The van der Waals surface area contributed by atoms with Crippen LogP contribution in [0.3, 0.4) is 0 Å². The number of nitrogens with one attached hydrogen (secondary N) is 1. The molecular formula is C9H24N2O2Si. The Kier molecular flexibility index (Phi) is 7.39. The summed E-state index contributed by atoms with van der Waals surface area (Å²) in [6.45, 7) is 2.79. The van der Waals surface area contributed by atoms with Gasteiger partial charge in [0, 0.05) is 26.8 Å². The highest BCUT2D eigenvalue weighted by Gasteiger charge is 2.33. The highest BCUT2D eigenvalue weighted by Crippen LogP contribution is 2.19. The molecule has 0 bridgehead atoms. The van der Waals surface area contributed by atoms with Gasteiger partial charge in [0.15, 0.2) is 0 Å². The van der Waals surface area contributed by atoms with E-state index >= 15 is 0 Å². The van der Waals surface area contributed by atoms with Crippen molar-refractivity contribution in [2.45, 2.75) is 31.5 Å². The Bertz CT molecular complexity index is 131. The van der Waals surface area contributed by atoms with Crippen LogP contribution in [0.25, 0.3) is 0 Å². The summed E-state index contributed by atoms with van der Waals surface area (Å²) in [6, 6.07) is 2.36. The average Bonchev–Trinajstić information content (AvgIpc) is 2.26. The maximum absolute atomic E-state index is 5.61. The summed E-state index contributed by atoms with van der Waals surface area (Å²) >= 11 is 0. The quantitative estimate of drug-likeness (QED) is 0.591. The lowest BCUT2D eigenvalue weighted by atomic mass is 10.2. The summed E-state index contributed by atoms with van der Waals surface area (Å²) < 4.78 is 11.0. The maximum atomic E-state index is 5.61. The van der Waals surface area contributed by atoms with Crippen LogP contribution in [0.2, 0.25) is 12.1 Å². The van der Waals surface area contributed by atoms with Gasteiger partial charge in [-0.2, -0.15) is 0 Å². The summed E-state index contributed by atoms with van der Waals surface area (Å²) in [5.74, 6) is 0. The van der Waals surface area contributed by atoms with E-state index in [1.807, 2.05) is 7.05 Å². The molecule has 0 aromatic heterocycles. The standard InChI is InChI=1S/C9H24N2O2Si/c1-5-14(12-3,13-4)7-6-9(8-10)11-2/h9,11H,5-8,10H2,1-4H3. The van der Waals surface area contributed by atoms with Crippen molar-refractivity contribution in [1.82, 2.24) is 5.32 Å². The Balaban J connectivity index is 4.04. The van der Waals surface area contributed by atoms with Gasteiger partial charge in [-0.15, -0.1) is 0 Å². The van der Waals surface area contributed by atoms with Crippen LogP contribution < -0.4 is 11.1 Å². The molecule has 0 saturated heterocycles. The van der Waals surface area contributed by atoms with E-state index in [1.165, 1.54) is 0 Å². The summed E-state index contributed by atoms with van der Waals surface area (Å²) in [7, 11) is 3.52. The molecule has 0 aromatic carbocycles. The zero-order valence-corrected chi connectivity index (χ0v) is 10.8. The average molecular weight is 220 g/mol. The Labute approximate surface area is 88.4 Å². The van der Waals surface area contributed by atoms with Crippen LogP contribution in [-0.4, -0.2) is 42.4 Å². The lowest BCUT2D eigenvalue weighted by molar-refractivity contribution is 0.240. The normalized spacial score (nSPS) is 14.4. The summed E-state index contributed by atoms with van der Waals surface area (Å²) in [6.07, 6.45) is 1.02. The predicted octanol–water partition coefficient (Wildman–Crippen LogP) is 0.678. The van der Waals surface area contributed by atoms with Crippen molar-refractivity contribution in [3.05, 3.63) is 0 Å². The molecule has 0 radical (unpaired) electrons. The fourth-order valence-corrected chi connectivity index (χ4v) is 3.82. The van der Waals surface area contributed by atoms with Gasteiger partial charge in [0.05, 0.1) is 0 Å². The van der Waals surface area contributed by atoms with Gasteiger partial charge in [-0.1, -0.05) is 6.92 Å². The smallest absolute Gasteiger partial charge is 0.337 e. The molecule has 0 aliphatic carbocycles. The molecule has 1 atom stereocenters. The molecule has 0 amide bonds. The number of hydrogen-bond acceptors (Lipinski definition) is 4. The lowest BCUT2D eigenvalue weighted by Gasteiger charge is -2.27. The topological polar surface area (TPSA) is 56.5 Å². The third-order valence-corrected chi connectivity index (χ3v) is 6.47. The Morgan fingerprint density at radius 1 is 1.36 bits per heavy atom. The summed E-state index contributed by atoms with van der Waals surface area (Å²) in [4.78, 5) is 0. The third-order valence-electron chi connectivity index (χ3n) is 2.85. The Hall–Kier alpha value is 0.0569. The van der Waals surface area contributed by atoms with Crippen LogP contribution in [0.15, 0.2) is 0 Å². The van der Waals surface area contributed by atoms with Crippen molar-refractivity contribution in [2.24, 2.45) is 5.73 Å².